The van der Waals surface area contributed by atoms with E-state index in [0.717, 1.165) is 18.4 Å². The first-order chi connectivity index (χ1) is 13.6. The van der Waals surface area contributed by atoms with Crippen LogP contribution in [0.15, 0.2) is 39.2 Å². The molecule has 1 unspecified atom stereocenters. The Balaban J connectivity index is 1.43. The minimum atomic E-state index is -0.244. The summed E-state index contributed by atoms with van der Waals surface area (Å²) in [4.78, 5) is 14.9. The molecule has 28 heavy (non-hydrogen) atoms. The number of carbonyl (C=O) groups is 1. The molecule has 1 fully saturated rings. The van der Waals surface area contributed by atoms with Crippen molar-refractivity contribution in [3.63, 3.8) is 0 Å². The quantitative estimate of drug-likeness (QED) is 0.670. The van der Waals surface area contributed by atoms with Gasteiger partial charge in [-0.15, -0.1) is 20.4 Å². The van der Waals surface area contributed by atoms with Gasteiger partial charge in [-0.2, -0.15) is 0 Å². The van der Waals surface area contributed by atoms with Crippen molar-refractivity contribution >= 4 is 5.91 Å². The molecule has 1 amide bonds. The van der Waals surface area contributed by atoms with E-state index in [2.05, 4.69) is 20.4 Å². The Bertz CT molecular complexity index is 928. The molecule has 1 aliphatic rings. The Morgan fingerprint density at radius 1 is 1.04 bits per heavy atom. The Hall–Kier alpha value is -3.03. The van der Waals surface area contributed by atoms with Crippen LogP contribution in [0.1, 0.15) is 60.2 Å². The average Bonchev–Trinajstić information content (AvgIpc) is 3.35. The number of amides is 1. The molecule has 146 valence electrons. The van der Waals surface area contributed by atoms with Crippen molar-refractivity contribution in [2.75, 3.05) is 13.1 Å². The maximum atomic E-state index is 13.0. The van der Waals surface area contributed by atoms with Crippen LogP contribution < -0.4 is 0 Å². The summed E-state index contributed by atoms with van der Waals surface area (Å²) in [5, 5.41) is 16.1. The molecule has 1 saturated heterocycles. The molecule has 8 heteroatoms. The van der Waals surface area contributed by atoms with Gasteiger partial charge in [0.25, 0.3) is 0 Å². The number of likely N-dealkylation sites (tertiary alicyclic amines) is 1. The second-order valence-electron chi connectivity index (χ2n) is 7.14. The smallest absolute Gasteiger partial charge is 0.224 e. The van der Waals surface area contributed by atoms with Gasteiger partial charge in [-0.3, -0.25) is 4.79 Å². The lowest BCUT2D eigenvalue weighted by Gasteiger charge is -2.31. The van der Waals surface area contributed by atoms with Crippen LogP contribution in [0.4, 0.5) is 0 Å². The van der Waals surface area contributed by atoms with Crippen molar-refractivity contribution < 1.29 is 13.6 Å². The van der Waals surface area contributed by atoms with Crippen molar-refractivity contribution in [3.8, 4) is 0 Å². The van der Waals surface area contributed by atoms with Gasteiger partial charge in [0.2, 0.25) is 29.5 Å². The van der Waals surface area contributed by atoms with Crippen LogP contribution in [0.2, 0.25) is 0 Å². The van der Waals surface area contributed by atoms with Crippen molar-refractivity contribution in [1.29, 1.82) is 0 Å². The van der Waals surface area contributed by atoms with Gasteiger partial charge in [0, 0.05) is 39.3 Å². The van der Waals surface area contributed by atoms with E-state index in [9.17, 15) is 4.79 Å². The minimum absolute atomic E-state index is 0.0878. The monoisotopic (exact) mass is 381 g/mol. The molecule has 0 aliphatic carbocycles. The molecular weight excluding hydrogens is 358 g/mol. The number of hydrogen-bond acceptors (Lipinski definition) is 7. The summed E-state index contributed by atoms with van der Waals surface area (Å²) in [7, 11) is 0. The maximum absolute atomic E-state index is 13.0. The first kappa shape index (κ1) is 18.3. The third-order valence-electron chi connectivity index (χ3n) is 5.16. The van der Waals surface area contributed by atoms with E-state index in [0.29, 0.717) is 43.1 Å². The zero-order chi connectivity index (χ0) is 19.5. The van der Waals surface area contributed by atoms with E-state index < -0.39 is 0 Å². The van der Waals surface area contributed by atoms with Gasteiger partial charge in [0.05, 0.1) is 5.92 Å². The molecule has 1 aliphatic heterocycles. The van der Waals surface area contributed by atoms with Crippen LogP contribution in [-0.2, 0) is 4.79 Å². The number of aromatic nitrogens is 4. The first-order valence-corrected chi connectivity index (χ1v) is 9.53. The van der Waals surface area contributed by atoms with E-state index in [1.165, 1.54) is 0 Å². The second kappa shape index (κ2) is 7.92. The van der Waals surface area contributed by atoms with Crippen LogP contribution in [0, 0.1) is 13.8 Å². The highest BCUT2D eigenvalue weighted by Crippen LogP contribution is 2.31. The van der Waals surface area contributed by atoms with Gasteiger partial charge in [0.15, 0.2) is 0 Å². The second-order valence-corrected chi connectivity index (χ2v) is 7.14. The summed E-state index contributed by atoms with van der Waals surface area (Å²) in [6, 6.07) is 9.83. The molecular formula is C20H23N5O3. The number of aryl methyl sites for hydroxylation is 2. The highest BCUT2D eigenvalue weighted by atomic mass is 16.4. The maximum Gasteiger partial charge on any atom is 0.224 e. The van der Waals surface area contributed by atoms with Gasteiger partial charge >= 0.3 is 0 Å². The van der Waals surface area contributed by atoms with Crippen molar-refractivity contribution in [1.82, 2.24) is 25.3 Å². The number of benzene rings is 1. The first-order valence-electron chi connectivity index (χ1n) is 9.53. The summed E-state index contributed by atoms with van der Waals surface area (Å²) >= 11 is 0. The number of piperidine rings is 1. The summed E-state index contributed by atoms with van der Waals surface area (Å²) in [5.41, 5.74) is 0.996. The van der Waals surface area contributed by atoms with Crippen LogP contribution in [0.25, 0.3) is 0 Å². The van der Waals surface area contributed by atoms with Crippen molar-refractivity contribution in [2.45, 2.75) is 44.9 Å². The van der Waals surface area contributed by atoms with E-state index in [1.807, 2.05) is 35.2 Å². The van der Waals surface area contributed by atoms with Gasteiger partial charge in [-0.1, -0.05) is 30.3 Å². The predicted molar refractivity (Wildman–Crippen MR) is 99.5 cm³/mol. The van der Waals surface area contributed by atoms with E-state index in [-0.39, 0.29) is 17.7 Å². The van der Waals surface area contributed by atoms with Crippen molar-refractivity contribution in [2.24, 2.45) is 0 Å². The molecule has 0 saturated carbocycles. The molecule has 0 N–H and O–H groups in total. The van der Waals surface area contributed by atoms with E-state index >= 15 is 0 Å². The summed E-state index contributed by atoms with van der Waals surface area (Å²) in [5.74, 6) is 2.29. The van der Waals surface area contributed by atoms with Crippen LogP contribution in [0.5, 0.6) is 0 Å². The molecule has 1 atom stereocenters. The lowest BCUT2D eigenvalue weighted by molar-refractivity contribution is -0.132. The Morgan fingerprint density at radius 3 is 2.32 bits per heavy atom. The van der Waals surface area contributed by atoms with Crippen LogP contribution >= 0.6 is 0 Å². The molecule has 3 heterocycles. The predicted octanol–water partition coefficient (Wildman–Crippen LogP) is 3.00. The largest absolute Gasteiger partial charge is 0.425 e. The average molecular weight is 381 g/mol. The minimum Gasteiger partial charge on any atom is -0.425 e. The van der Waals surface area contributed by atoms with Gasteiger partial charge < -0.3 is 13.7 Å². The fraction of sp³-hybridized carbons (Fsp3) is 0.450. The lowest BCUT2D eigenvalue weighted by Crippen LogP contribution is -2.38. The number of carbonyl (C=O) groups excluding carboxylic acids is 1. The fourth-order valence-electron chi connectivity index (χ4n) is 3.64. The molecule has 4 rings (SSSR count). The van der Waals surface area contributed by atoms with E-state index in [1.54, 1.807) is 13.8 Å². The Kier molecular flexibility index (Phi) is 5.18. The molecule has 0 radical (unpaired) electrons. The van der Waals surface area contributed by atoms with Gasteiger partial charge in [-0.25, -0.2) is 0 Å². The molecule has 0 spiro atoms. The standard InChI is InChI=1S/C20H23N5O3/c1-13-21-23-19(27-13)16-8-10-25(11-9-16)18(26)12-17(15-6-4-3-5-7-15)20-24-22-14(2)28-20/h3-7,16-17H,8-12H2,1-2H3. The topological polar surface area (TPSA) is 98.2 Å². The van der Waals surface area contributed by atoms with Crippen LogP contribution in [0.3, 0.4) is 0 Å². The van der Waals surface area contributed by atoms with Crippen molar-refractivity contribution in [3.05, 3.63) is 59.5 Å². The highest BCUT2D eigenvalue weighted by molar-refractivity contribution is 5.77. The summed E-state index contributed by atoms with van der Waals surface area (Å²) in [6.07, 6.45) is 1.95. The lowest BCUT2D eigenvalue weighted by atomic mass is 9.93. The zero-order valence-electron chi connectivity index (χ0n) is 16.0. The molecule has 1 aromatic carbocycles. The Morgan fingerprint density at radius 2 is 1.71 bits per heavy atom. The summed E-state index contributed by atoms with van der Waals surface area (Å²) in [6.45, 7) is 4.90. The Labute approximate surface area is 163 Å². The SMILES string of the molecule is Cc1nnc(C2CCN(C(=O)CC(c3ccccc3)c3nnc(C)o3)CC2)o1. The number of rotatable bonds is 5. The molecule has 2 aromatic heterocycles. The highest BCUT2D eigenvalue weighted by Gasteiger charge is 2.30. The normalized spacial score (nSPS) is 16.3. The van der Waals surface area contributed by atoms with E-state index in [4.69, 9.17) is 8.83 Å². The number of nitrogens with zero attached hydrogens (tertiary/aromatic N) is 5. The third kappa shape index (κ3) is 3.95. The van der Waals surface area contributed by atoms with Gasteiger partial charge in [-0.05, 0) is 18.4 Å². The molecule has 0 bridgehead atoms. The number of hydrogen-bond donors (Lipinski definition) is 0. The fourth-order valence-corrected chi connectivity index (χ4v) is 3.64. The zero-order valence-corrected chi connectivity index (χ0v) is 16.0. The van der Waals surface area contributed by atoms with Crippen LogP contribution in [-0.4, -0.2) is 44.3 Å². The third-order valence-corrected chi connectivity index (χ3v) is 5.16. The molecule has 8 nitrogen and oxygen atoms in total. The molecule has 3 aromatic rings. The summed E-state index contributed by atoms with van der Waals surface area (Å²) < 4.78 is 11.2. The van der Waals surface area contributed by atoms with Gasteiger partial charge in [0.1, 0.15) is 0 Å².